The fourth-order valence-electron chi connectivity index (χ4n) is 2.41. The topological polar surface area (TPSA) is 54.6 Å². The lowest BCUT2D eigenvalue weighted by Gasteiger charge is -2.23. The minimum Gasteiger partial charge on any atom is -0.477 e. The van der Waals surface area contributed by atoms with Gasteiger partial charge in [-0.2, -0.15) is 13.2 Å². The molecule has 0 bridgehead atoms. The van der Waals surface area contributed by atoms with Crippen molar-refractivity contribution in [1.29, 1.82) is 0 Å². The maximum atomic E-state index is 12.7. The second-order valence-corrected chi connectivity index (χ2v) is 4.92. The molecule has 1 N–H and O–H groups in total. The Bertz CT molecular complexity index is 687. The number of imidazole rings is 1. The maximum Gasteiger partial charge on any atom is 0.417 e. The molecule has 0 radical (unpaired) electrons. The van der Waals surface area contributed by atoms with Crippen molar-refractivity contribution in [3.8, 4) is 0 Å². The lowest BCUT2D eigenvalue weighted by Crippen LogP contribution is -2.15. The van der Waals surface area contributed by atoms with Crippen LogP contribution in [0, 0.1) is 0 Å². The van der Waals surface area contributed by atoms with Gasteiger partial charge in [0.1, 0.15) is 5.65 Å². The van der Waals surface area contributed by atoms with Crippen LogP contribution in [-0.2, 0) is 6.18 Å². The van der Waals surface area contributed by atoms with Gasteiger partial charge in [-0.1, -0.05) is 6.42 Å². The molecular formula is C13H11F3N2O2. The van der Waals surface area contributed by atoms with Crippen LogP contribution in [0.15, 0.2) is 18.3 Å². The maximum absolute atomic E-state index is 12.7. The molecule has 2 heterocycles. The number of carboxylic acids is 1. The Morgan fingerprint density at radius 1 is 1.35 bits per heavy atom. The van der Waals surface area contributed by atoms with Crippen LogP contribution >= 0.6 is 0 Å². The normalized spacial score (nSPS) is 16.4. The Hall–Kier alpha value is -2.05. The highest BCUT2D eigenvalue weighted by molar-refractivity contribution is 5.88. The molecule has 0 atom stereocenters. The van der Waals surface area contributed by atoms with Gasteiger partial charge in [-0.15, -0.1) is 0 Å². The standard InChI is InChI=1S/C13H11F3N2O2/c14-13(15,16)8-4-5-9-17-10(7-2-1-3-7)11(12(19)20)18(9)6-8/h4-7H,1-3H2,(H,19,20). The van der Waals surface area contributed by atoms with Gasteiger partial charge in [0.15, 0.2) is 5.69 Å². The summed E-state index contributed by atoms with van der Waals surface area (Å²) in [6.45, 7) is 0. The Morgan fingerprint density at radius 3 is 2.55 bits per heavy atom. The second-order valence-electron chi connectivity index (χ2n) is 4.92. The van der Waals surface area contributed by atoms with E-state index >= 15 is 0 Å². The molecule has 4 nitrogen and oxygen atoms in total. The third-order valence-electron chi connectivity index (χ3n) is 3.67. The first-order chi connectivity index (χ1) is 9.38. The second kappa shape index (κ2) is 4.22. The summed E-state index contributed by atoms with van der Waals surface area (Å²) in [6, 6.07) is 2.12. The molecule has 20 heavy (non-hydrogen) atoms. The van der Waals surface area contributed by atoms with E-state index < -0.39 is 17.7 Å². The van der Waals surface area contributed by atoms with Gasteiger partial charge in [0.25, 0.3) is 0 Å². The zero-order valence-corrected chi connectivity index (χ0v) is 10.3. The molecule has 2 aromatic heterocycles. The number of pyridine rings is 1. The van der Waals surface area contributed by atoms with Gasteiger partial charge >= 0.3 is 12.1 Å². The van der Waals surface area contributed by atoms with Crippen molar-refractivity contribution in [1.82, 2.24) is 9.38 Å². The average Bonchev–Trinajstić information content (AvgIpc) is 2.62. The first-order valence-corrected chi connectivity index (χ1v) is 6.20. The number of hydrogen-bond acceptors (Lipinski definition) is 2. The number of aromatic carboxylic acids is 1. The van der Waals surface area contributed by atoms with E-state index in [2.05, 4.69) is 4.98 Å². The third kappa shape index (κ3) is 1.93. The van der Waals surface area contributed by atoms with E-state index in [0.717, 1.165) is 35.9 Å². The van der Waals surface area contributed by atoms with Gasteiger partial charge in [0.05, 0.1) is 11.3 Å². The minimum atomic E-state index is -4.51. The van der Waals surface area contributed by atoms with Gasteiger partial charge in [0.2, 0.25) is 0 Å². The monoisotopic (exact) mass is 284 g/mol. The van der Waals surface area contributed by atoms with E-state index in [4.69, 9.17) is 0 Å². The molecule has 0 saturated heterocycles. The zero-order valence-electron chi connectivity index (χ0n) is 10.3. The quantitative estimate of drug-likeness (QED) is 0.920. The molecule has 0 amide bonds. The molecular weight excluding hydrogens is 273 g/mol. The Morgan fingerprint density at radius 2 is 2.05 bits per heavy atom. The van der Waals surface area contributed by atoms with E-state index in [0.29, 0.717) is 5.69 Å². The zero-order chi connectivity index (χ0) is 14.5. The number of carboxylic acid groups (broad SMARTS) is 1. The molecule has 1 aliphatic rings. The number of carbonyl (C=O) groups is 1. The van der Waals surface area contributed by atoms with Crippen molar-refractivity contribution in [3.63, 3.8) is 0 Å². The Kier molecular flexibility index (Phi) is 2.74. The summed E-state index contributed by atoms with van der Waals surface area (Å²) in [7, 11) is 0. The lowest BCUT2D eigenvalue weighted by atomic mass is 9.82. The first-order valence-electron chi connectivity index (χ1n) is 6.20. The Balaban J connectivity index is 2.22. The smallest absolute Gasteiger partial charge is 0.417 e. The molecule has 1 saturated carbocycles. The van der Waals surface area contributed by atoms with Gasteiger partial charge in [-0.05, 0) is 25.0 Å². The number of alkyl halides is 3. The predicted octanol–water partition coefficient (Wildman–Crippen LogP) is 3.32. The summed E-state index contributed by atoms with van der Waals surface area (Å²) in [4.78, 5) is 15.6. The first kappa shape index (κ1) is 13.0. The number of halogens is 3. The van der Waals surface area contributed by atoms with Crippen LogP contribution in [0.3, 0.4) is 0 Å². The summed E-state index contributed by atoms with van der Waals surface area (Å²) >= 11 is 0. The average molecular weight is 284 g/mol. The molecule has 106 valence electrons. The summed E-state index contributed by atoms with van der Waals surface area (Å²) < 4.78 is 39.2. The number of fused-ring (bicyclic) bond motifs is 1. The summed E-state index contributed by atoms with van der Waals surface area (Å²) in [5.41, 5.74) is -0.416. The molecule has 2 aromatic rings. The highest BCUT2D eigenvalue weighted by Gasteiger charge is 2.33. The van der Waals surface area contributed by atoms with E-state index in [-0.39, 0.29) is 17.3 Å². The molecule has 1 fully saturated rings. The van der Waals surface area contributed by atoms with Crippen LogP contribution in [0.2, 0.25) is 0 Å². The molecule has 0 aliphatic heterocycles. The van der Waals surface area contributed by atoms with Gasteiger partial charge in [-0.25, -0.2) is 9.78 Å². The summed E-state index contributed by atoms with van der Waals surface area (Å²) in [5.74, 6) is -1.21. The number of aromatic nitrogens is 2. The lowest BCUT2D eigenvalue weighted by molar-refractivity contribution is -0.137. The van der Waals surface area contributed by atoms with Crippen molar-refractivity contribution < 1.29 is 23.1 Å². The summed E-state index contributed by atoms with van der Waals surface area (Å²) in [5, 5.41) is 9.27. The van der Waals surface area contributed by atoms with E-state index in [1.807, 2.05) is 0 Å². The molecule has 0 spiro atoms. The van der Waals surface area contributed by atoms with Crippen LogP contribution in [0.1, 0.15) is 46.9 Å². The van der Waals surface area contributed by atoms with E-state index in [9.17, 15) is 23.1 Å². The summed E-state index contributed by atoms with van der Waals surface area (Å²) in [6.07, 6.45) is -1.06. The van der Waals surface area contributed by atoms with E-state index in [1.165, 1.54) is 6.07 Å². The number of hydrogen-bond donors (Lipinski definition) is 1. The fourth-order valence-corrected chi connectivity index (χ4v) is 2.41. The van der Waals surface area contributed by atoms with Crippen LogP contribution < -0.4 is 0 Å². The van der Waals surface area contributed by atoms with E-state index in [1.54, 1.807) is 0 Å². The fraction of sp³-hybridized carbons (Fsp3) is 0.385. The van der Waals surface area contributed by atoms with Crippen molar-refractivity contribution in [2.75, 3.05) is 0 Å². The van der Waals surface area contributed by atoms with Gasteiger partial charge in [0, 0.05) is 12.1 Å². The molecule has 7 heteroatoms. The highest BCUT2D eigenvalue weighted by atomic mass is 19.4. The van der Waals surface area contributed by atoms with Crippen LogP contribution in [-0.4, -0.2) is 20.5 Å². The SMILES string of the molecule is O=C(O)c1c(C2CCC2)nc2ccc(C(F)(F)F)cn12. The molecule has 3 rings (SSSR count). The Labute approximate surface area is 111 Å². The molecule has 1 aliphatic carbocycles. The molecule has 0 aromatic carbocycles. The van der Waals surface area contributed by atoms with Gasteiger partial charge in [-0.3, -0.25) is 4.40 Å². The van der Waals surface area contributed by atoms with Crippen molar-refractivity contribution in [2.45, 2.75) is 31.4 Å². The van der Waals surface area contributed by atoms with Crippen LogP contribution in [0.5, 0.6) is 0 Å². The largest absolute Gasteiger partial charge is 0.477 e. The highest BCUT2D eigenvalue weighted by Crippen LogP contribution is 2.38. The van der Waals surface area contributed by atoms with Crippen molar-refractivity contribution >= 4 is 11.6 Å². The van der Waals surface area contributed by atoms with Gasteiger partial charge < -0.3 is 5.11 Å². The minimum absolute atomic E-state index is 0.0373. The van der Waals surface area contributed by atoms with Crippen molar-refractivity contribution in [2.24, 2.45) is 0 Å². The van der Waals surface area contributed by atoms with Crippen molar-refractivity contribution in [3.05, 3.63) is 35.3 Å². The molecule has 0 unspecified atom stereocenters. The van der Waals surface area contributed by atoms with Crippen LogP contribution in [0.25, 0.3) is 5.65 Å². The number of nitrogens with zero attached hydrogens (tertiary/aromatic N) is 2. The third-order valence-corrected chi connectivity index (χ3v) is 3.67. The van der Waals surface area contributed by atoms with Crippen LogP contribution in [0.4, 0.5) is 13.2 Å². The number of rotatable bonds is 2. The predicted molar refractivity (Wildman–Crippen MR) is 63.7 cm³/mol.